The maximum absolute atomic E-state index is 10.7. The van der Waals surface area contributed by atoms with Crippen LogP contribution >= 0.6 is 7.94 Å². The molecule has 5 heteroatoms. The van der Waals surface area contributed by atoms with E-state index >= 15 is 0 Å². The van der Waals surface area contributed by atoms with Crippen LogP contribution in [0.5, 0.6) is 0 Å². The van der Waals surface area contributed by atoms with E-state index in [1.807, 2.05) is 0 Å². The molecule has 0 amide bonds. The molecule has 0 rings (SSSR count). The van der Waals surface area contributed by atoms with Gasteiger partial charge < -0.3 is 14.7 Å². The second-order valence-electron chi connectivity index (χ2n) is 7.47. The average molecular weight is 376 g/mol. The Kier molecular flexibility index (Phi) is 17.9. The quantitative estimate of drug-likeness (QED) is 0.273. The zero-order chi connectivity index (χ0) is 18.8. The molecular weight excluding hydrogens is 333 g/mol. The highest BCUT2D eigenvalue weighted by molar-refractivity contribution is 7.54. The van der Waals surface area contributed by atoms with Gasteiger partial charge in [-0.1, -0.05) is 103 Å². The van der Waals surface area contributed by atoms with E-state index in [-0.39, 0.29) is 0 Å². The normalized spacial score (nSPS) is 13.3. The molecule has 0 bridgehead atoms. The lowest BCUT2D eigenvalue weighted by molar-refractivity contribution is -0.431. The monoisotopic (exact) mass is 375 g/mol. The molecule has 0 spiro atoms. The third-order valence-corrected chi connectivity index (χ3v) is 6.08. The first kappa shape index (κ1) is 25.3. The Labute approximate surface area is 157 Å². The van der Waals surface area contributed by atoms with Gasteiger partial charge in [0.1, 0.15) is 0 Å². The second-order valence-corrected chi connectivity index (χ2v) is 9.33. The molecule has 0 aliphatic carbocycles. The van der Waals surface area contributed by atoms with Gasteiger partial charge in [0.25, 0.3) is 0 Å². The molecule has 0 aliphatic heterocycles. The number of unbranched alkanes of at least 4 members (excludes halogenated alkanes) is 15. The van der Waals surface area contributed by atoms with Crippen LogP contribution in [0.25, 0.3) is 0 Å². The molecule has 0 saturated heterocycles. The van der Waals surface area contributed by atoms with E-state index in [0.29, 0.717) is 6.54 Å². The first-order valence-electron chi connectivity index (χ1n) is 10.7. The van der Waals surface area contributed by atoms with E-state index in [9.17, 15) is 14.7 Å². The first-order valence-corrected chi connectivity index (χ1v) is 12.3. The van der Waals surface area contributed by atoms with Gasteiger partial charge in [0.05, 0.1) is 5.78 Å². The van der Waals surface area contributed by atoms with Crippen molar-refractivity contribution in [2.45, 2.75) is 122 Å². The summed E-state index contributed by atoms with van der Waals surface area (Å²) in [4.78, 5) is 32.2. The van der Waals surface area contributed by atoms with Crippen molar-refractivity contribution in [2.75, 3.05) is 6.54 Å². The van der Waals surface area contributed by atoms with Crippen LogP contribution in [0.3, 0.4) is 0 Å². The minimum absolute atomic E-state index is 0.619. The highest BCUT2D eigenvalue weighted by Crippen LogP contribution is 2.32. The van der Waals surface area contributed by atoms with Gasteiger partial charge in [-0.25, -0.2) is 0 Å². The molecule has 0 aromatic carbocycles. The van der Waals surface area contributed by atoms with E-state index in [4.69, 9.17) is 0 Å². The third kappa shape index (κ3) is 18.8. The van der Waals surface area contributed by atoms with E-state index in [1.54, 1.807) is 0 Å². The van der Waals surface area contributed by atoms with Crippen molar-refractivity contribution in [1.82, 2.24) is 5.32 Å². The molecule has 4 nitrogen and oxygen atoms in total. The second kappa shape index (κ2) is 17.7. The third-order valence-electron chi connectivity index (χ3n) is 4.94. The molecule has 0 heterocycles. The van der Waals surface area contributed by atoms with Gasteiger partial charge in [-0.3, -0.25) is 5.32 Å². The molecule has 1 unspecified atom stereocenters. The molecule has 25 heavy (non-hydrogen) atoms. The van der Waals surface area contributed by atoms with E-state index in [2.05, 4.69) is 12.2 Å². The average Bonchev–Trinajstić information content (AvgIpc) is 2.56. The number of hydrogen-bond acceptors (Lipinski definition) is 4. The van der Waals surface area contributed by atoms with Crippen molar-refractivity contribution in [3.63, 3.8) is 0 Å². The van der Waals surface area contributed by atoms with Crippen molar-refractivity contribution in [2.24, 2.45) is 0 Å². The summed E-state index contributed by atoms with van der Waals surface area (Å²) in [5.41, 5.74) is 0. The predicted octanol–water partition coefficient (Wildman–Crippen LogP) is 4.03. The van der Waals surface area contributed by atoms with Crippen molar-refractivity contribution >= 4 is 7.94 Å². The van der Waals surface area contributed by atoms with Gasteiger partial charge in [-0.15, -0.1) is 7.94 Å². The van der Waals surface area contributed by atoms with Crippen molar-refractivity contribution in [3.05, 3.63) is 0 Å². The summed E-state index contributed by atoms with van der Waals surface area (Å²) in [6.07, 6.45) is 21.2. The maximum atomic E-state index is 10.7. The fraction of sp³-hybridized carbons (Fsp3) is 1.00. The van der Waals surface area contributed by atoms with E-state index in [0.717, 1.165) is 12.8 Å². The zero-order valence-corrected chi connectivity index (χ0v) is 17.7. The molecule has 0 aliphatic rings. The van der Waals surface area contributed by atoms with Gasteiger partial charge >= 0.3 is 0 Å². The summed E-state index contributed by atoms with van der Waals surface area (Å²) >= 11 is 0. The first-order chi connectivity index (χ1) is 12.0. The molecule has 0 aromatic heterocycles. The topological polar surface area (TPSA) is 81.2 Å². The van der Waals surface area contributed by atoms with Crippen LogP contribution in [0.15, 0.2) is 0 Å². The highest BCUT2D eigenvalue weighted by atomic mass is 31.2. The van der Waals surface area contributed by atoms with Gasteiger partial charge in [0.2, 0.25) is 0 Å². The molecule has 152 valence electrons. The van der Waals surface area contributed by atoms with Crippen LogP contribution in [-0.2, 0) is 0 Å². The van der Waals surface area contributed by atoms with Crippen LogP contribution in [-0.4, -0.2) is 12.3 Å². The lowest BCUT2D eigenvalue weighted by Gasteiger charge is -2.47. The van der Waals surface area contributed by atoms with Crippen LogP contribution < -0.4 is 20.0 Å². The molecule has 1 atom stereocenters. The molecule has 1 N–H and O–H groups in total. The lowest BCUT2D eigenvalue weighted by Crippen LogP contribution is -2.46. The Morgan fingerprint density at radius 1 is 0.600 bits per heavy atom. The summed E-state index contributed by atoms with van der Waals surface area (Å²) in [7, 11) is -4.46. The Balaban J connectivity index is 3.10. The predicted molar refractivity (Wildman–Crippen MR) is 104 cm³/mol. The fourth-order valence-corrected chi connectivity index (χ4v) is 3.45. The standard InChI is InChI=1S/C20H44NO3P/c1-3-4-5-6-7-8-9-10-11-12-13-14-15-16-17-18-19-21-20(2)25(22,23)24/h20-21H,3-19H2,1-2H3,(H2,22,23,24)/p-2. The molecular formula is C20H42NO3P-2. The number of rotatable bonds is 19. The largest absolute Gasteiger partial charge is 0.686 e. The number of hydrogen-bond donors (Lipinski definition) is 1. The Hall–Kier alpha value is 0.270. The smallest absolute Gasteiger partial charge is 0.0992 e. The Morgan fingerprint density at radius 2 is 0.920 bits per heavy atom. The minimum Gasteiger partial charge on any atom is -0.686 e. The lowest BCUT2D eigenvalue weighted by atomic mass is 10.0. The van der Waals surface area contributed by atoms with E-state index < -0.39 is 13.7 Å². The zero-order valence-electron chi connectivity index (χ0n) is 16.8. The number of nitrogens with one attached hydrogen (secondary N) is 1. The van der Waals surface area contributed by atoms with Gasteiger partial charge in [0, 0.05) is 0 Å². The summed E-state index contributed by atoms with van der Waals surface area (Å²) in [5, 5.41) is 2.78. The van der Waals surface area contributed by atoms with Crippen molar-refractivity contribution < 1.29 is 14.7 Å². The molecule has 0 saturated carbocycles. The van der Waals surface area contributed by atoms with Gasteiger partial charge in [0.15, 0.2) is 0 Å². The summed E-state index contributed by atoms with van der Waals surface area (Å²) in [6, 6.07) is 0. The van der Waals surface area contributed by atoms with Gasteiger partial charge in [-0.05, 0) is 19.9 Å². The highest BCUT2D eigenvalue weighted by Gasteiger charge is 2.08. The Bertz CT molecular complexity index is 272. The van der Waals surface area contributed by atoms with Crippen LogP contribution in [0, 0.1) is 0 Å². The summed E-state index contributed by atoms with van der Waals surface area (Å²) < 4.78 is 0. The molecule has 0 fully saturated rings. The fourth-order valence-electron chi connectivity index (χ4n) is 3.10. The van der Waals surface area contributed by atoms with Crippen molar-refractivity contribution in [3.8, 4) is 0 Å². The van der Waals surface area contributed by atoms with Crippen molar-refractivity contribution in [1.29, 1.82) is 0 Å². The minimum atomic E-state index is -4.46. The van der Waals surface area contributed by atoms with Crippen LogP contribution in [0.1, 0.15) is 117 Å². The van der Waals surface area contributed by atoms with Gasteiger partial charge in [-0.2, -0.15) is 0 Å². The Morgan fingerprint density at radius 3 is 1.24 bits per heavy atom. The van der Waals surface area contributed by atoms with Crippen LogP contribution in [0.2, 0.25) is 0 Å². The molecule has 0 aromatic rings. The van der Waals surface area contributed by atoms with Crippen LogP contribution in [0.4, 0.5) is 0 Å². The maximum Gasteiger partial charge on any atom is 0.0992 e. The molecule has 0 radical (unpaired) electrons. The summed E-state index contributed by atoms with van der Waals surface area (Å²) in [6.45, 7) is 4.31. The SMILES string of the molecule is CCCCCCCCCCCCCCCCCCNC(C)[P+]([O-])([O-])[O-]. The van der Waals surface area contributed by atoms with E-state index in [1.165, 1.54) is 96.8 Å². The summed E-state index contributed by atoms with van der Waals surface area (Å²) in [5.74, 6) is -0.941.